The molecule has 0 radical (unpaired) electrons. The molecule has 1 aliphatic rings. The van der Waals surface area contributed by atoms with Crippen LogP contribution in [0, 0.1) is 13.8 Å². The van der Waals surface area contributed by atoms with E-state index >= 15 is 0 Å². The highest BCUT2D eigenvalue weighted by atomic mass is 32.2. The molecule has 6 nitrogen and oxygen atoms in total. The van der Waals surface area contributed by atoms with Crippen LogP contribution in [0.1, 0.15) is 42.4 Å². The van der Waals surface area contributed by atoms with Crippen LogP contribution < -0.4 is 0 Å². The van der Waals surface area contributed by atoms with Gasteiger partial charge in [0.15, 0.2) is 0 Å². The summed E-state index contributed by atoms with van der Waals surface area (Å²) in [6, 6.07) is 16.2. The molecule has 0 atom stereocenters. The molecule has 8 heteroatoms. The molecule has 0 saturated carbocycles. The third-order valence-electron chi connectivity index (χ3n) is 5.84. The van der Waals surface area contributed by atoms with E-state index in [9.17, 15) is 9.59 Å². The number of carboxylic acids is 1. The third kappa shape index (κ3) is 5.89. The zero-order chi connectivity index (χ0) is 24.9. The first-order valence-corrected chi connectivity index (χ1v) is 12.8. The predicted octanol–water partition coefficient (Wildman–Crippen LogP) is 6.00. The van der Waals surface area contributed by atoms with E-state index in [1.807, 2.05) is 47.3 Å². The van der Waals surface area contributed by atoms with Crippen molar-refractivity contribution in [2.75, 3.05) is 6.54 Å². The maximum atomic E-state index is 13.2. The van der Waals surface area contributed by atoms with Crippen molar-refractivity contribution in [1.29, 1.82) is 0 Å². The van der Waals surface area contributed by atoms with E-state index < -0.39 is 5.97 Å². The van der Waals surface area contributed by atoms with Gasteiger partial charge in [-0.2, -0.15) is 5.10 Å². The number of amides is 1. The van der Waals surface area contributed by atoms with Crippen LogP contribution in [0.4, 0.5) is 0 Å². The molecular weight excluding hydrogens is 478 g/mol. The highest BCUT2D eigenvalue weighted by Crippen LogP contribution is 2.36. The van der Waals surface area contributed by atoms with Gasteiger partial charge >= 0.3 is 5.97 Å². The molecule has 3 aromatic rings. The number of hydrogen-bond acceptors (Lipinski definition) is 5. The summed E-state index contributed by atoms with van der Waals surface area (Å²) < 4.78 is 2.37. The fourth-order valence-electron chi connectivity index (χ4n) is 3.96. The Balaban J connectivity index is 1.63. The molecule has 0 aliphatic carbocycles. The van der Waals surface area contributed by atoms with Gasteiger partial charge in [-0.05, 0) is 56.5 Å². The lowest BCUT2D eigenvalue weighted by Gasteiger charge is -2.13. The van der Waals surface area contributed by atoms with Crippen LogP contribution in [0.5, 0.6) is 0 Å². The minimum Gasteiger partial charge on any atom is -0.481 e. The molecule has 0 bridgehead atoms. The van der Waals surface area contributed by atoms with Crippen molar-refractivity contribution in [2.24, 2.45) is 0 Å². The number of hydrogen-bond donors (Lipinski definition) is 1. The summed E-state index contributed by atoms with van der Waals surface area (Å²) in [6.07, 6.45) is 6.02. The number of carboxylic acid groups (broad SMARTS) is 1. The molecule has 1 aromatic heterocycles. The van der Waals surface area contributed by atoms with Crippen LogP contribution in [0.3, 0.4) is 0 Å². The van der Waals surface area contributed by atoms with E-state index in [0.717, 1.165) is 40.1 Å². The van der Waals surface area contributed by atoms with Gasteiger partial charge < -0.3 is 5.11 Å². The molecule has 4 rings (SSSR count). The number of carbonyl (C=O) groups excluding carboxylic acids is 1. The monoisotopic (exact) mass is 505 g/mol. The number of aryl methyl sites for hydroxylation is 2. The second kappa shape index (κ2) is 11.0. The molecule has 1 N–H and O–H groups in total. The SMILES string of the molecule is Cc1ccc(C)c(-c2nn(-c3ccccc3)cc2C=C2SC(=S)N(CCCCCC(=O)O)C2=O)c1. The fourth-order valence-corrected chi connectivity index (χ4v) is 5.26. The highest BCUT2D eigenvalue weighted by molar-refractivity contribution is 8.26. The van der Waals surface area contributed by atoms with Crippen molar-refractivity contribution in [1.82, 2.24) is 14.7 Å². The van der Waals surface area contributed by atoms with Crippen LogP contribution in [0.2, 0.25) is 0 Å². The molecule has 2 heterocycles. The summed E-state index contributed by atoms with van der Waals surface area (Å²) in [5.41, 5.74) is 5.88. The second-order valence-corrected chi connectivity index (χ2v) is 10.2. The molecule has 1 amide bonds. The first-order valence-electron chi connectivity index (χ1n) is 11.5. The fraction of sp³-hybridized carbons (Fsp3) is 0.259. The number of aromatic nitrogens is 2. The second-order valence-electron chi connectivity index (χ2n) is 8.57. The van der Waals surface area contributed by atoms with Crippen molar-refractivity contribution < 1.29 is 14.7 Å². The van der Waals surface area contributed by atoms with Crippen molar-refractivity contribution >= 4 is 46.3 Å². The normalized spacial score (nSPS) is 14.8. The molecular formula is C27H27N3O3S2. The van der Waals surface area contributed by atoms with E-state index in [1.54, 1.807) is 4.90 Å². The van der Waals surface area contributed by atoms with Gasteiger partial charge in [0.1, 0.15) is 10.0 Å². The number of nitrogens with zero attached hydrogens (tertiary/aromatic N) is 3. The van der Waals surface area contributed by atoms with E-state index in [4.69, 9.17) is 22.4 Å². The van der Waals surface area contributed by atoms with Crippen LogP contribution in [0.25, 0.3) is 23.0 Å². The van der Waals surface area contributed by atoms with E-state index in [-0.39, 0.29) is 12.3 Å². The number of carbonyl (C=O) groups is 2. The lowest BCUT2D eigenvalue weighted by Crippen LogP contribution is -2.29. The Morgan fingerprint density at radius 3 is 2.63 bits per heavy atom. The number of aliphatic carboxylic acids is 1. The molecule has 1 aliphatic heterocycles. The maximum Gasteiger partial charge on any atom is 0.303 e. The summed E-state index contributed by atoms with van der Waals surface area (Å²) in [7, 11) is 0. The van der Waals surface area contributed by atoms with Gasteiger partial charge in [0.05, 0.1) is 10.6 Å². The number of unbranched alkanes of at least 4 members (excludes halogenated alkanes) is 2. The molecule has 1 fully saturated rings. The summed E-state index contributed by atoms with van der Waals surface area (Å²) in [6.45, 7) is 4.61. The van der Waals surface area contributed by atoms with E-state index in [2.05, 4.69) is 32.0 Å². The Labute approximate surface area is 214 Å². The van der Waals surface area contributed by atoms with Crippen molar-refractivity contribution in [3.63, 3.8) is 0 Å². The number of rotatable bonds is 9. The van der Waals surface area contributed by atoms with Crippen molar-refractivity contribution in [3.8, 4) is 16.9 Å². The van der Waals surface area contributed by atoms with Crippen molar-refractivity contribution in [3.05, 3.63) is 76.3 Å². The zero-order valence-electron chi connectivity index (χ0n) is 19.7. The van der Waals surface area contributed by atoms with Crippen LogP contribution in [-0.4, -0.2) is 42.5 Å². The van der Waals surface area contributed by atoms with Gasteiger partial charge in [-0.1, -0.05) is 66.3 Å². The molecule has 180 valence electrons. The maximum absolute atomic E-state index is 13.2. The Bertz CT molecular complexity index is 1300. The third-order valence-corrected chi connectivity index (χ3v) is 7.22. The first-order chi connectivity index (χ1) is 16.8. The van der Waals surface area contributed by atoms with Gasteiger partial charge in [-0.3, -0.25) is 14.5 Å². The average Bonchev–Trinajstić information content (AvgIpc) is 3.37. The molecule has 2 aromatic carbocycles. The van der Waals surface area contributed by atoms with Crippen LogP contribution in [-0.2, 0) is 9.59 Å². The van der Waals surface area contributed by atoms with Gasteiger partial charge in [-0.15, -0.1) is 0 Å². The van der Waals surface area contributed by atoms with Gasteiger partial charge in [-0.25, -0.2) is 4.68 Å². The highest BCUT2D eigenvalue weighted by Gasteiger charge is 2.32. The zero-order valence-corrected chi connectivity index (χ0v) is 21.4. The largest absolute Gasteiger partial charge is 0.481 e. The summed E-state index contributed by atoms with van der Waals surface area (Å²) >= 11 is 6.79. The van der Waals surface area contributed by atoms with Gasteiger partial charge in [0.2, 0.25) is 0 Å². The first kappa shape index (κ1) is 24.9. The average molecular weight is 506 g/mol. The molecule has 1 saturated heterocycles. The Hall–Kier alpha value is -3.23. The van der Waals surface area contributed by atoms with E-state index in [0.29, 0.717) is 28.6 Å². The predicted molar refractivity (Wildman–Crippen MR) is 144 cm³/mol. The molecule has 0 unspecified atom stereocenters. The number of para-hydroxylation sites is 1. The number of thiocarbonyl (C=S) groups is 1. The summed E-state index contributed by atoms with van der Waals surface area (Å²) in [5.74, 6) is -0.910. The number of benzene rings is 2. The Morgan fingerprint density at radius 1 is 1.11 bits per heavy atom. The lowest BCUT2D eigenvalue weighted by atomic mass is 10.0. The van der Waals surface area contributed by atoms with Gasteiger partial charge in [0.25, 0.3) is 5.91 Å². The minimum atomic E-state index is -0.797. The molecule has 35 heavy (non-hydrogen) atoms. The minimum absolute atomic E-state index is 0.113. The lowest BCUT2D eigenvalue weighted by molar-refractivity contribution is -0.137. The molecule has 0 spiro atoms. The summed E-state index contributed by atoms with van der Waals surface area (Å²) in [4.78, 5) is 26.1. The van der Waals surface area contributed by atoms with Crippen molar-refractivity contribution in [2.45, 2.75) is 39.5 Å². The Kier molecular flexibility index (Phi) is 7.83. The Morgan fingerprint density at radius 2 is 1.89 bits per heavy atom. The quantitative estimate of drug-likeness (QED) is 0.218. The standard InChI is InChI=1S/C27H27N3O3S2/c1-18-12-13-19(2)22(15-18)25-20(17-30(28-25)21-9-5-3-6-10-21)16-23-26(33)29(27(34)35-23)14-8-4-7-11-24(31)32/h3,5-6,9-10,12-13,15-17H,4,7-8,11,14H2,1-2H3,(H,31,32). The van der Waals surface area contributed by atoms with Crippen LogP contribution in [0.15, 0.2) is 59.6 Å². The topological polar surface area (TPSA) is 75.4 Å². The van der Waals surface area contributed by atoms with E-state index in [1.165, 1.54) is 11.8 Å². The number of thioether (sulfide) groups is 1. The summed E-state index contributed by atoms with van der Waals surface area (Å²) in [5, 5.41) is 13.7. The van der Waals surface area contributed by atoms with Crippen LogP contribution >= 0.6 is 24.0 Å². The smallest absolute Gasteiger partial charge is 0.303 e. The van der Waals surface area contributed by atoms with Gasteiger partial charge in [0, 0.05) is 30.3 Å².